The van der Waals surface area contributed by atoms with Gasteiger partial charge in [0.05, 0.1) is 34.2 Å². The summed E-state index contributed by atoms with van der Waals surface area (Å²) in [5.41, 5.74) is 13.7. The molecule has 22 heavy (non-hydrogen) atoms. The number of nitrogens with zero attached hydrogens (tertiary/aromatic N) is 1. The van der Waals surface area contributed by atoms with E-state index in [1.54, 1.807) is 0 Å². The number of anilines is 2. The van der Waals surface area contributed by atoms with Gasteiger partial charge in [0.1, 0.15) is 0 Å². The average molecular weight is 407 g/mol. The Morgan fingerprint density at radius 3 is 1.36 bits per heavy atom. The van der Waals surface area contributed by atoms with Gasteiger partial charge in [0, 0.05) is 0 Å². The van der Waals surface area contributed by atoms with Gasteiger partial charge in [-0.1, -0.05) is 17.7 Å². The van der Waals surface area contributed by atoms with Crippen molar-refractivity contribution in [3.05, 3.63) is 56.6 Å². The van der Waals surface area contributed by atoms with Gasteiger partial charge in [0.15, 0.2) is 0 Å². The van der Waals surface area contributed by atoms with Gasteiger partial charge in [-0.2, -0.15) is 0 Å². The van der Waals surface area contributed by atoms with Crippen LogP contribution in [0.4, 0.5) is 11.4 Å². The molecule has 2 heteroatoms. The summed E-state index contributed by atoms with van der Waals surface area (Å²) in [5, 5.41) is 0. The highest BCUT2D eigenvalue weighted by Gasteiger charge is 2.20. The molecule has 0 bridgehead atoms. The number of hydrogen-bond donors (Lipinski definition) is 0. The fourth-order valence-corrected chi connectivity index (χ4v) is 4.85. The molecule has 2 aromatic carbocycles. The van der Waals surface area contributed by atoms with Crippen LogP contribution in [0.1, 0.15) is 44.5 Å². The van der Waals surface area contributed by atoms with Crippen molar-refractivity contribution in [1.29, 1.82) is 0 Å². The third kappa shape index (κ3) is 2.78. The Bertz CT molecular complexity index is 692. The van der Waals surface area contributed by atoms with E-state index in [1.807, 2.05) is 0 Å². The maximum absolute atomic E-state index is 2.47. The zero-order valence-electron chi connectivity index (χ0n) is 15.0. The van der Waals surface area contributed by atoms with Crippen LogP contribution < -0.4 is 3.11 Å². The SMILES string of the molecule is Cc1cc(C)c(N(I)c2c(C)c(C)c(C)c(C)c2C)c(C)c1. The number of halogens is 1. The fraction of sp³-hybridized carbons (Fsp3) is 0.400. The van der Waals surface area contributed by atoms with E-state index in [9.17, 15) is 0 Å². The first-order valence-corrected chi connectivity index (χ1v) is 8.74. The van der Waals surface area contributed by atoms with Crippen molar-refractivity contribution in [2.75, 3.05) is 3.11 Å². The third-order valence-corrected chi connectivity index (χ3v) is 5.95. The van der Waals surface area contributed by atoms with E-state index in [1.165, 1.54) is 55.9 Å². The van der Waals surface area contributed by atoms with Crippen LogP contribution >= 0.6 is 22.9 Å². The number of benzene rings is 2. The molecule has 0 heterocycles. The summed E-state index contributed by atoms with van der Waals surface area (Å²) in [6.07, 6.45) is 0. The van der Waals surface area contributed by atoms with E-state index in [-0.39, 0.29) is 0 Å². The molecule has 2 aromatic rings. The minimum atomic E-state index is 1.32. The molecule has 2 rings (SSSR count). The summed E-state index contributed by atoms with van der Waals surface area (Å²) in [6.45, 7) is 17.8. The van der Waals surface area contributed by atoms with Gasteiger partial charge in [-0.25, -0.2) is 0 Å². The average Bonchev–Trinajstić information content (AvgIpc) is 2.42. The van der Waals surface area contributed by atoms with Crippen LogP contribution in [0.15, 0.2) is 12.1 Å². The number of hydrogen-bond acceptors (Lipinski definition) is 1. The highest BCUT2D eigenvalue weighted by Crippen LogP contribution is 2.41. The van der Waals surface area contributed by atoms with Crippen LogP contribution in [0.5, 0.6) is 0 Å². The van der Waals surface area contributed by atoms with Crippen molar-refractivity contribution >= 4 is 34.2 Å². The Labute approximate surface area is 149 Å². The topological polar surface area (TPSA) is 3.24 Å². The molecule has 0 aliphatic heterocycles. The molecule has 0 fully saturated rings. The first-order chi connectivity index (χ1) is 10.2. The van der Waals surface area contributed by atoms with Crippen molar-refractivity contribution in [2.45, 2.75) is 55.4 Å². The molecule has 0 aliphatic carbocycles. The second kappa shape index (κ2) is 6.23. The van der Waals surface area contributed by atoms with Crippen molar-refractivity contribution in [3.63, 3.8) is 0 Å². The van der Waals surface area contributed by atoms with Gasteiger partial charge >= 0.3 is 0 Å². The molecule has 0 unspecified atom stereocenters. The summed E-state index contributed by atoms with van der Waals surface area (Å²) in [4.78, 5) is 0. The molecule has 1 nitrogen and oxygen atoms in total. The lowest BCUT2D eigenvalue weighted by Crippen LogP contribution is -2.11. The predicted octanol–water partition coefficient (Wildman–Crippen LogP) is 6.64. The molecule has 0 radical (unpaired) electrons. The Balaban J connectivity index is 2.73. The minimum Gasteiger partial charge on any atom is -0.282 e. The Morgan fingerprint density at radius 2 is 0.955 bits per heavy atom. The van der Waals surface area contributed by atoms with Gasteiger partial charge in [-0.15, -0.1) is 0 Å². The molecule has 0 atom stereocenters. The van der Waals surface area contributed by atoms with Crippen LogP contribution in [-0.4, -0.2) is 0 Å². The Morgan fingerprint density at radius 1 is 0.591 bits per heavy atom. The van der Waals surface area contributed by atoms with E-state index in [0.717, 1.165) is 0 Å². The second-order valence-corrected chi connectivity index (χ2v) is 7.47. The second-order valence-electron chi connectivity index (χ2n) is 6.50. The van der Waals surface area contributed by atoms with Gasteiger partial charge in [0.25, 0.3) is 0 Å². The quantitative estimate of drug-likeness (QED) is 0.398. The molecule has 0 amide bonds. The fourth-order valence-electron chi connectivity index (χ4n) is 3.37. The van der Waals surface area contributed by atoms with E-state index in [0.29, 0.717) is 0 Å². The van der Waals surface area contributed by atoms with Crippen LogP contribution in [0.2, 0.25) is 0 Å². The Hall–Kier alpha value is -1.03. The standard InChI is InChI=1S/C20H26IN/c1-11-9-12(2)19(13(3)10-11)22(21)20-17(7)15(5)14(4)16(6)18(20)8/h9-10H,1-8H3. The van der Waals surface area contributed by atoms with E-state index in [2.05, 4.69) is 93.5 Å². The van der Waals surface area contributed by atoms with Crippen LogP contribution in [0.3, 0.4) is 0 Å². The van der Waals surface area contributed by atoms with Gasteiger partial charge in [-0.3, -0.25) is 3.11 Å². The summed E-state index contributed by atoms with van der Waals surface area (Å²) in [7, 11) is 0. The van der Waals surface area contributed by atoms with Crippen molar-refractivity contribution in [1.82, 2.24) is 0 Å². The van der Waals surface area contributed by atoms with Crippen LogP contribution in [0, 0.1) is 55.4 Å². The third-order valence-electron chi connectivity index (χ3n) is 4.99. The smallest absolute Gasteiger partial charge is 0.0646 e. The zero-order chi connectivity index (χ0) is 16.8. The highest BCUT2D eigenvalue weighted by atomic mass is 127. The van der Waals surface area contributed by atoms with Crippen LogP contribution in [0.25, 0.3) is 0 Å². The summed E-state index contributed by atoms with van der Waals surface area (Å²) in [6, 6.07) is 4.54. The lowest BCUT2D eigenvalue weighted by Gasteiger charge is -2.28. The molecule has 0 N–H and O–H groups in total. The summed E-state index contributed by atoms with van der Waals surface area (Å²) in [5.74, 6) is 0. The molecule has 0 saturated carbocycles. The largest absolute Gasteiger partial charge is 0.282 e. The van der Waals surface area contributed by atoms with E-state index < -0.39 is 0 Å². The van der Waals surface area contributed by atoms with Crippen molar-refractivity contribution in [3.8, 4) is 0 Å². The monoisotopic (exact) mass is 407 g/mol. The van der Waals surface area contributed by atoms with E-state index in [4.69, 9.17) is 0 Å². The molecule has 118 valence electrons. The van der Waals surface area contributed by atoms with Crippen molar-refractivity contribution in [2.24, 2.45) is 0 Å². The first kappa shape index (κ1) is 17.3. The summed E-state index contributed by atoms with van der Waals surface area (Å²) < 4.78 is 2.35. The van der Waals surface area contributed by atoms with Gasteiger partial charge in [-0.05, 0) is 94.3 Å². The van der Waals surface area contributed by atoms with Crippen LogP contribution in [-0.2, 0) is 0 Å². The highest BCUT2D eigenvalue weighted by molar-refractivity contribution is 14.1. The number of rotatable bonds is 2. The predicted molar refractivity (Wildman–Crippen MR) is 107 cm³/mol. The normalized spacial score (nSPS) is 11.0. The van der Waals surface area contributed by atoms with Gasteiger partial charge in [0.2, 0.25) is 0 Å². The van der Waals surface area contributed by atoms with Gasteiger partial charge < -0.3 is 0 Å². The lowest BCUT2D eigenvalue weighted by atomic mass is 9.92. The molecule has 0 spiro atoms. The first-order valence-electron chi connectivity index (χ1n) is 7.77. The summed E-state index contributed by atoms with van der Waals surface area (Å²) >= 11 is 2.47. The van der Waals surface area contributed by atoms with E-state index >= 15 is 0 Å². The maximum Gasteiger partial charge on any atom is 0.0646 e. The molecule has 0 aliphatic rings. The van der Waals surface area contributed by atoms with Crippen molar-refractivity contribution < 1.29 is 0 Å². The molecular weight excluding hydrogens is 381 g/mol. The minimum absolute atomic E-state index is 1.32. The molecular formula is C20H26IN. The lowest BCUT2D eigenvalue weighted by molar-refractivity contribution is 1.16. The molecule has 0 saturated heterocycles. The Kier molecular flexibility index (Phi) is 4.90. The maximum atomic E-state index is 2.47. The number of aryl methyl sites for hydroxylation is 3. The molecule has 0 aromatic heterocycles. The zero-order valence-corrected chi connectivity index (χ0v) is 17.1.